The lowest BCUT2D eigenvalue weighted by Gasteiger charge is -2.25. The summed E-state index contributed by atoms with van der Waals surface area (Å²) in [5, 5.41) is 6.88. The average molecular weight is 585 g/mol. The fourth-order valence-electron chi connectivity index (χ4n) is 4.11. The minimum Gasteiger partial charge on any atom is -0.484 e. The van der Waals surface area contributed by atoms with Gasteiger partial charge in [0.2, 0.25) is 0 Å². The van der Waals surface area contributed by atoms with E-state index in [-0.39, 0.29) is 23.5 Å². The van der Waals surface area contributed by atoms with E-state index in [9.17, 15) is 18.0 Å². The van der Waals surface area contributed by atoms with Crippen molar-refractivity contribution in [1.82, 2.24) is 10.7 Å². The Morgan fingerprint density at radius 1 is 0.857 bits per heavy atom. The molecule has 0 bridgehead atoms. The van der Waals surface area contributed by atoms with Crippen molar-refractivity contribution in [3.8, 4) is 5.75 Å². The maximum atomic E-state index is 13.4. The first kappa shape index (κ1) is 30.0. The normalized spacial score (nSPS) is 12.0. The highest BCUT2D eigenvalue weighted by Crippen LogP contribution is 2.26. The molecule has 0 aromatic heterocycles. The summed E-state index contributed by atoms with van der Waals surface area (Å²) in [5.74, 6) is -0.350. The molecule has 0 unspecified atom stereocenters. The second kappa shape index (κ2) is 14.1. The number of ether oxygens (including phenoxy) is 1. The number of hydrazone groups is 1. The van der Waals surface area contributed by atoms with Gasteiger partial charge >= 0.3 is 0 Å². The molecule has 2 N–H and O–H groups in total. The summed E-state index contributed by atoms with van der Waals surface area (Å²) in [6.45, 7) is 3.09. The second-order valence-corrected chi connectivity index (χ2v) is 11.3. The number of rotatable bonds is 12. The number of hydrogen-bond donors (Lipinski definition) is 2. The number of para-hydroxylation sites is 1. The van der Waals surface area contributed by atoms with Crippen molar-refractivity contribution in [1.29, 1.82) is 0 Å². The van der Waals surface area contributed by atoms with Gasteiger partial charge in [-0.25, -0.2) is 13.8 Å². The first-order chi connectivity index (χ1) is 20.2. The molecule has 2 amide bonds. The SMILES string of the molecule is Cc1ccccc1N(CC(=O)N/N=C\c1ccc(OCC(=O)N[C@H](C)c2ccccc2)cc1)S(=O)(=O)c1ccccc1. The van der Waals surface area contributed by atoms with Gasteiger partial charge in [-0.3, -0.25) is 13.9 Å². The lowest BCUT2D eigenvalue weighted by atomic mass is 10.1. The second-order valence-electron chi connectivity index (χ2n) is 9.46. The summed E-state index contributed by atoms with van der Waals surface area (Å²) in [6.07, 6.45) is 1.43. The minimum absolute atomic E-state index is 0.0788. The van der Waals surface area contributed by atoms with Crippen molar-refractivity contribution in [2.24, 2.45) is 5.10 Å². The molecule has 0 aliphatic rings. The lowest BCUT2D eigenvalue weighted by Crippen LogP contribution is -2.40. The van der Waals surface area contributed by atoms with Crippen LogP contribution in [0.25, 0.3) is 0 Å². The number of nitrogens with zero attached hydrogens (tertiary/aromatic N) is 2. The molecule has 216 valence electrons. The number of carbonyl (C=O) groups is 2. The van der Waals surface area contributed by atoms with Crippen LogP contribution >= 0.6 is 0 Å². The Hall–Kier alpha value is -4.96. The molecule has 0 saturated heterocycles. The molecule has 0 fully saturated rings. The van der Waals surface area contributed by atoms with Crippen molar-refractivity contribution in [3.05, 3.63) is 126 Å². The molecule has 0 aliphatic carbocycles. The largest absolute Gasteiger partial charge is 0.484 e. The molecular weight excluding hydrogens is 552 g/mol. The van der Waals surface area contributed by atoms with Crippen molar-refractivity contribution in [3.63, 3.8) is 0 Å². The van der Waals surface area contributed by atoms with Gasteiger partial charge in [0.05, 0.1) is 22.8 Å². The molecule has 4 aromatic rings. The number of benzene rings is 4. The van der Waals surface area contributed by atoms with Crippen LogP contribution in [0.1, 0.15) is 29.7 Å². The number of aryl methyl sites for hydroxylation is 1. The zero-order valence-corrected chi connectivity index (χ0v) is 24.1. The Bertz CT molecular complexity index is 1630. The highest BCUT2D eigenvalue weighted by atomic mass is 32.2. The molecule has 0 spiro atoms. The standard InChI is InChI=1S/C32H32N4O5S/c1-24-11-9-10-16-30(24)36(42(39,40)29-14-7-4-8-15-29)22-31(37)35-33-21-26-17-19-28(20-18-26)41-23-32(38)34-25(2)27-12-5-3-6-13-27/h3-21,25H,22-23H2,1-2H3,(H,34,38)(H,35,37)/b33-21-/t25-/m1/s1. The zero-order valence-electron chi connectivity index (χ0n) is 23.3. The van der Waals surface area contributed by atoms with E-state index in [0.29, 0.717) is 22.6 Å². The molecule has 0 radical (unpaired) electrons. The first-order valence-electron chi connectivity index (χ1n) is 13.3. The lowest BCUT2D eigenvalue weighted by molar-refractivity contribution is -0.123. The van der Waals surface area contributed by atoms with Crippen LogP contribution in [0.15, 0.2) is 119 Å². The number of carbonyl (C=O) groups excluding carboxylic acids is 2. The van der Waals surface area contributed by atoms with Crippen molar-refractivity contribution < 1.29 is 22.7 Å². The summed E-state index contributed by atoms with van der Waals surface area (Å²) in [5.41, 5.74) is 5.18. The Morgan fingerprint density at radius 2 is 1.48 bits per heavy atom. The van der Waals surface area contributed by atoms with Crippen LogP contribution in [-0.4, -0.2) is 39.6 Å². The average Bonchev–Trinajstić information content (AvgIpc) is 3.00. The molecule has 9 nitrogen and oxygen atoms in total. The molecule has 1 atom stereocenters. The molecule has 4 rings (SSSR count). The molecule has 42 heavy (non-hydrogen) atoms. The Labute approximate surface area is 245 Å². The molecule has 4 aromatic carbocycles. The summed E-state index contributed by atoms with van der Waals surface area (Å²) in [4.78, 5) is 25.1. The first-order valence-corrected chi connectivity index (χ1v) is 14.7. The molecular formula is C32H32N4O5S. The van der Waals surface area contributed by atoms with Gasteiger partial charge in [0, 0.05) is 0 Å². The van der Waals surface area contributed by atoms with E-state index in [4.69, 9.17) is 4.74 Å². The maximum Gasteiger partial charge on any atom is 0.264 e. The molecule has 0 saturated carbocycles. The third-order valence-corrected chi connectivity index (χ3v) is 8.11. The van der Waals surface area contributed by atoms with Gasteiger partial charge in [-0.15, -0.1) is 0 Å². The minimum atomic E-state index is -4.01. The zero-order chi connectivity index (χ0) is 30.0. The van der Waals surface area contributed by atoms with Gasteiger partial charge in [0.1, 0.15) is 12.3 Å². The van der Waals surface area contributed by atoms with E-state index in [1.54, 1.807) is 73.7 Å². The predicted molar refractivity (Wildman–Crippen MR) is 163 cm³/mol. The monoisotopic (exact) mass is 584 g/mol. The van der Waals surface area contributed by atoms with E-state index in [1.165, 1.54) is 18.3 Å². The number of anilines is 1. The van der Waals surface area contributed by atoms with E-state index < -0.39 is 22.5 Å². The molecule has 10 heteroatoms. The van der Waals surface area contributed by atoms with E-state index in [2.05, 4.69) is 15.8 Å². The smallest absolute Gasteiger partial charge is 0.264 e. The number of sulfonamides is 1. The van der Waals surface area contributed by atoms with Crippen LogP contribution in [0.4, 0.5) is 5.69 Å². The van der Waals surface area contributed by atoms with Crippen LogP contribution in [0.5, 0.6) is 5.75 Å². The van der Waals surface area contributed by atoms with Crippen molar-refractivity contribution in [2.75, 3.05) is 17.5 Å². The van der Waals surface area contributed by atoms with Crippen LogP contribution in [0.3, 0.4) is 0 Å². The Kier molecular flexibility index (Phi) is 10.1. The van der Waals surface area contributed by atoms with Gasteiger partial charge in [0.25, 0.3) is 21.8 Å². The van der Waals surface area contributed by atoms with E-state index in [0.717, 1.165) is 9.87 Å². The van der Waals surface area contributed by atoms with E-state index in [1.807, 2.05) is 37.3 Å². The summed E-state index contributed by atoms with van der Waals surface area (Å²) >= 11 is 0. The fourth-order valence-corrected chi connectivity index (χ4v) is 5.62. The van der Waals surface area contributed by atoms with Crippen LogP contribution in [0, 0.1) is 6.92 Å². The predicted octanol–water partition coefficient (Wildman–Crippen LogP) is 4.60. The number of amides is 2. The van der Waals surface area contributed by atoms with Gasteiger partial charge in [-0.05, 0) is 73.0 Å². The third kappa shape index (κ3) is 8.05. The topological polar surface area (TPSA) is 117 Å². The van der Waals surface area contributed by atoms with Crippen molar-refractivity contribution in [2.45, 2.75) is 24.8 Å². The van der Waals surface area contributed by atoms with Gasteiger partial charge in [0.15, 0.2) is 6.61 Å². The number of nitrogens with one attached hydrogen (secondary N) is 2. The Balaban J connectivity index is 1.32. The van der Waals surface area contributed by atoms with E-state index >= 15 is 0 Å². The van der Waals surface area contributed by atoms with Crippen molar-refractivity contribution >= 4 is 33.7 Å². The summed E-state index contributed by atoms with van der Waals surface area (Å²) in [7, 11) is -4.01. The third-order valence-electron chi connectivity index (χ3n) is 6.33. The van der Waals surface area contributed by atoms with Crippen LogP contribution in [0.2, 0.25) is 0 Å². The molecule has 0 aliphatic heterocycles. The van der Waals surface area contributed by atoms with Crippen LogP contribution < -0.4 is 19.8 Å². The van der Waals surface area contributed by atoms with Gasteiger partial charge in [-0.2, -0.15) is 5.10 Å². The highest BCUT2D eigenvalue weighted by Gasteiger charge is 2.28. The van der Waals surface area contributed by atoms with Crippen LogP contribution in [-0.2, 0) is 19.6 Å². The highest BCUT2D eigenvalue weighted by molar-refractivity contribution is 7.92. The number of hydrogen-bond acceptors (Lipinski definition) is 6. The van der Waals surface area contributed by atoms with Gasteiger partial charge < -0.3 is 10.1 Å². The molecule has 0 heterocycles. The summed E-state index contributed by atoms with van der Waals surface area (Å²) in [6, 6.07) is 31.2. The maximum absolute atomic E-state index is 13.4. The quantitative estimate of drug-likeness (QED) is 0.187. The summed E-state index contributed by atoms with van der Waals surface area (Å²) < 4.78 is 33.5. The Morgan fingerprint density at radius 3 is 2.14 bits per heavy atom. The van der Waals surface area contributed by atoms with Gasteiger partial charge in [-0.1, -0.05) is 66.7 Å². The fraction of sp³-hybridized carbons (Fsp3) is 0.156.